The van der Waals surface area contributed by atoms with Crippen LogP contribution in [0.1, 0.15) is 5.56 Å². The van der Waals surface area contributed by atoms with Crippen molar-refractivity contribution in [3.05, 3.63) is 48.2 Å². The van der Waals surface area contributed by atoms with Gasteiger partial charge in [0.15, 0.2) is 5.76 Å². The number of benzene rings is 1. The number of nitrogens with zero attached hydrogens (tertiary/aromatic N) is 4. The van der Waals surface area contributed by atoms with E-state index in [1.807, 2.05) is 6.26 Å². The average Bonchev–Trinajstić information content (AvgIpc) is 3.22. The van der Waals surface area contributed by atoms with Crippen molar-refractivity contribution >= 4 is 18.0 Å². The van der Waals surface area contributed by atoms with Crippen molar-refractivity contribution in [3.63, 3.8) is 0 Å². The third kappa shape index (κ3) is 3.62. The zero-order valence-corrected chi connectivity index (χ0v) is 13.3. The van der Waals surface area contributed by atoms with Crippen molar-refractivity contribution in [2.24, 2.45) is 5.10 Å². The highest BCUT2D eigenvalue weighted by atomic mass is 32.2. The maximum atomic E-state index is 12.1. The number of furan rings is 1. The molecule has 0 bridgehead atoms. The summed E-state index contributed by atoms with van der Waals surface area (Å²) in [5.74, 6) is 1.10. The molecule has 0 saturated heterocycles. The zero-order valence-electron chi connectivity index (χ0n) is 12.5. The standard InChI is InChI=1S/C15H12F2N4O2S/c1-24-15-20-19-13(12-3-2-8-22-12)21(15)18-9-10-4-6-11(7-5-10)23-14(16)17/h2-9,14H,1H3/b18-9-. The lowest BCUT2D eigenvalue weighted by Gasteiger charge is -2.04. The number of aromatic nitrogens is 3. The summed E-state index contributed by atoms with van der Waals surface area (Å²) in [4.78, 5) is 0. The van der Waals surface area contributed by atoms with Crippen LogP contribution in [0.5, 0.6) is 5.75 Å². The van der Waals surface area contributed by atoms with Crippen LogP contribution in [-0.2, 0) is 0 Å². The van der Waals surface area contributed by atoms with Crippen molar-refractivity contribution in [1.29, 1.82) is 0 Å². The third-order valence-corrected chi connectivity index (χ3v) is 3.58. The van der Waals surface area contributed by atoms with Gasteiger partial charge in [-0.25, -0.2) is 0 Å². The molecule has 9 heteroatoms. The Kier molecular flexibility index (Phi) is 4.90. The Morgan fingerprint density at radius 1 is 1.25 bits per heavy atom. The summed E-state index contributed by atoms with van der Waals surface area (Å²) in [6, 6.07) is 9.65. The van der Waals surface area contributed by atoms with Crippen molar-refractivity contribution < 1.29 is 17.9 Å². The lowest BCUT2D eigenvalue weighted by molar-refractivity contribution is -0.0498. The molecule has 2 aromatic heterocycles. The van der Waals surface area contributed by atoms with Crippen molar-refractivity contribution in [3.8, 4) is 17.3 Å². The predicted octanol–water partition coefficient (Wildman–Crippen LogP) is 3.74. The highest BCUT2D eigenvalue weighted by Crippen LogP contribution is 2.23. The van der Waals surface area contributed by atoms with Crippen LogP contribution in [0.2, 0.25) is 0 Å². The fraction of sp³-hybridized carbons (Fsp3) is 0.133. The lowest BCUT2D eigenvalue weighted by Crippen LogP contribution is -2.01. The van der Waals surface area contributed by atoms with E-state index in [9.17, 15) is 8.78 Å². The van der Waals surface area contributed by atoms with Gasteiger partial charge in [0.25, 0.3) is 0 Å². The molecule has 0 N–H and O–H groups in total. The van der Waals surface area contributed by atoms with Crippen LogP contribution in [0, 0.1) is 0 Å². The number of thioether (sulfide) groups is 1. The van der Waals surface area contributed by atoms with Crippen LogP contribution in [0.15, 0.2) is 57.3 Å². The van der Waals surface area contributed by atoms with E-state index in [0.29, 0.717) is 22.3 Å². The van der Waals surface area contributed by atoms with Crippen molar-refractivity contribution in [1.82, 2.24) is 14.9 Å². The molecule has 0 spiro atoms. The highest BCUT2D eigenvalue weighted by molar-refractivity contribution is 7.98. The Hall–Kier alpha value is -2.68. The molecule has 3 rings (SSSR count). The minimum atomic E-state index is -2.85. The lowest BCUT2D eigenvalue weighted by atomic mass is 10.2. The predicted molar refractivity (Wildman–Crippen MR) is 85.6 cm³/mol. The Bertz CT molecular complexity index is 817. The van der Waals surface area contributed by atoms with Crippen LogP contribution in [-0.4, -0.2) is 34.0 Å². The second kappa shape index (κ2) is 7.26. The van der Waals surface area contributed by atoms with Gasteiger partial charge in [0, 0.05) is 0 Å². The first-order valence-corrected chi connectivity index (χ1v) is 8.02. The number of rotatable bonds is 6. The first-order valence-electron chi connectivity index (χ1n) is 6.80. The molecule has 3 aromatic rings. The fourth-order valence-corrected chi connectivity index (χ4v) is 2.35. The Morgan fingerprint density at radius 2 is 2.04 bits per heavy atom. The first-order chi connectivity index (χ1) is 11.7. The Morgan fingerprint density at radius 3 is 2.67 bits per heavy atom. The summed E-state index contributed by atoms with van der Waals surface area (Å²) in [5.41, 5.74) is 0.711. The molecular formula is C15H12F2N4O2S. The quantitative estimate of drug-likeness (QED) is 0.500. The van der Waals surface area contributed by atoms with Gasteiger partial charge in [0.05, 0.1) is 12.5 Å². The molecule has 24 heavy (non-hydrogen) atoms. The molecule has 124 valence electrons. The summed E-state index contributed by atoms with van der Waals surface area (Å²) < 4.78 is 35.5. The molecule has 0 radical (unpaired) electrons. The summed E-state index contributed by atoms with van der Waals surface area (Å²) in [6.45, 7) is -2.85. The molecular weight excluding hydrogens is 338 g/mol. The summed E-state index contributed by atoms with van der Waals surface area (Å²) >= 11 is 1.39. The molecule has 0 unspecified atom stereocenters. The normalized spacial score (nSPS) is 11.5. The average molecular weight is 350 g/mol. The van der Waals surface area contributed by atoms with Gasteiger partial charge in [0.2, 0.25) is 11.0 Å². The van der Waals surface area contributed by atoms with Gasteiger partial charge in [-0.05, 0) is 48.2 Å². The van der Waals surface area contributed by atoms with Gasteiger partial charge in [-0.15, -0.1) is 10.2 Å². The van der Waals surface area contributed by atoms with Crippen LogP contribution in [0.25, 0.3) is 11.6 Å². The van der Waals surface area contributed by atoms with E-state index in [2.05, 4.69) is 20.0 Å². The van der Waals surface area contributed by atoms with Gasteiger partial charge in [-0.3, -0.25) is 0 Å². The van der Waals surface area contributed by atoms with Crippen LogP contribution in [0.4, 0.5) is 8.78 Å². The van der Waals surface area contributed by atoms with E-state index in [4.69, 9.17) is 4.42 Å². The molecule has 0 saturated carbocycles. The number of hydrogen-bond donors (Lipinski definition) is 0. The van der Waals surface area contributed by atoms with Gasteiger partial charge in [0.1, 0.15) is 5.75 Å². The first kappa shape index (κ1) is 16.2. The Labute approximate surface area is 140 Å². The van der Waals surface area contributed by atoms with Crippen molar-refractivity contribution in [2.45, 2.75) is 11.8 Å². The summed E-state index contributed by atoms with van der Waals surface area (Å²) in [5, 5.41) is 13.1. The number of hydrogen-bond acceptors (Lipinski definition) is 6. The fourth-order valence-electron chi connectivity index (χ4n) is 1.92. The van der Waals surface area contributed by atoms with E-state index >= 15 is 0 Å². The van der Waals surface area contributed by atoms with Crippen LogP contribution in [0.3, 0.4) is 0 Å². The monoisotopic (exact) mass is 350 g/mol. The van der Waals surface area contributed by atoms with Crippen LogP contribution >= 0.6 is 11.8 Å². The molecule has 0 fully saturated rings. The largest absolute Gasteiger partial charge is 0.461 e. The van der Waals surface area contributed by atoms with Gasteiger partial charge < -0.3 is 9.15 Å². The second-order valence-electron chi connectivity index (χ2n) is 4.49. The maximum absolute atomic E-state index is 12.1. The summed E-state index contributed by atoms with van der Waals surface area (Å²) in [7, 11) is 0. The number of alkyl halides is 2. The molecule has 0 amide bonds. The SMILES string of the molecule is CSc1nnc(-c2ccco2)n1/N=C\c1ccc(OC(F)F)cc1. The molecule has 0 aliphatic heterocycles. The van der Waals surface area contributed by atoms with Gasteiger partial charge in [-0.1, -0.05) is 11.8 Å². The minimum Gasteiger partial charge on any atom is -0.461 e. The number of halogens is 2. The molecule has 2 heterocycles. The van der Waals surface area contributed by atoms with E-state index in [0.717, 1.165) is 0 Å². The summed E-state index contributed by atoms with van der Waals surface area (Å²) in [6.07, 6.45) is 4.97. The van der Waals surface area contributed by atoms with Gasteiger partial charge >= 0.3 is 6.61 Å². The maximum Gasteiger partial charge on any atom is 0.387 e. The third-order valence-electron chi connectivity index (χ3n) is 2.96. The minimum absolute atomic E-state index is 0.0903. The van der Waals surface area contributed by atoms with E-state index in [1.165, 1.54) is 23.9 Å². The van der Waals surface area contributed by atoms with E-state index in [1.54, 1.807) is 41.4 Å². The number of ether oxygens (including phenoxy) is 1. The van der Waals surface area contributed by atoms with Crippen LogP contribution < -0.4 is 4.74 Å². The topological polar surface area (TPSA) is 65.4 Å². The molecule has 6 nitrogen and oxygen atoms in total. The molecule has 0 atom stereocenters. The smallest absolute Gasteiger partial charge is 0.387 e. The molecule has 0 aliphatic carbocycles. The van der Waals surface area contributed by atoms with E-state index in [-0.39, 0.29) is 5.75 Å². The van der Waals surface area contributed by atoms with E-state index < -0.39 is 6.61 Å². The van der Waals surface area contributed by atoms with Gasteiger partial charge in [-0.2, -0.15) is 18.6 Å². The van der Waals surface area contributed by atoms with Crippen molar-refractivity contribution in [2.75, 3.05) is 6.26 Å². The Balaban J connectivity index is 1.85. The molecule has 1 aromatic carbocycles. The molecule has 0 aliphatic rings. The highest BCUT2D eigenvalue weighted by Gasteiger charge is 2.14. The zero-order chi connectivity index (χ0) is 16.9. The second-order valence-corrected chi connectivity index (χ2v) is 5.26.